The lowest BCUT2D eigenvalue weighted by Gasteiger charge is -2.19. The molecule has 4 aromatic carbocycles. The van der Waals surface area contributed by atoms with Gasteiger partial charge in [-0.2, -0.15) is 0 Å². The van der Waals surface area contributed by atoms with Crippen LogP contribution in [0, 0.1) is 17.6 Å². The number of ketones is 1. The molecule has 1 heterocycles. The maximum Gasteiger partial charge on any atom is 0.314 e. The number of Topliss-reactive ketones (excluding diaryl/α,β-unsaturated/α-hetero) is 1. The average molecular weight is 959 g/mol. The van der Waals surface area contributed by atoms with Crippen LogP contribution in [0.3, 0.4) is 0 Å². The molecule has 0 fully saturated rings. The van der Waals surface area contributed by atoms with E-state index in [2.05, 4.69) is 25.0 Å². The molecule has 0 saturated heterocycles. The van der Waals surface area contributed by atoms with E-state index in [1.165, 1.54) is 42.7 Å². The first-order valence-corrected chi connectivity index (χ1v) is 21.1. The molecular formula is C44H42Cl4F2N8O6. The van der Waals surface area contributed by atoms with Crippen LogP contribution in [0.2, 0.25) is 20.1 Å². The van der Waals surface area contributed by atoms with Gasteiger partial charge in [0.15, 0.2) is 0 Å². The zero-order chi connectivity index (χ0) is 47.1. The van der Waals surface area contributed by atoms with Gasteiger partial charge in [0, 0.05) is 53.5 Å². The molecule has 0 radical (unpaired) electrons. The topological polar surface area (TPSA) is 230 Å². The molecule has 0 unspecified atom stereocenters. The number of aliphatic carboxylic acids is 1. The summed E-state index contributed by atoms with van der Waals surface area (Å²) in [6, 6.07) is 15.6. The summed E-state index contributed by atoms with van der Waals surface area (Å²) in [6.07, 6.45) is 1.86. The maximum atomic E-state index is 14.3. The molecule has 64 heavy (non-hydrogen) atoms. The Bertz CT molecular complexity index is 2570. The molecule has 336 valence electrons. The number of carboxylic acids is 1. The van der Waals surface area contributed by atoms with Gasteiger partial charge in [0.1, 0.15) is 30.0 Å². The second-order valence-corrected chi connectivity index (χ2v) is 16.4. The average Bonchev–Trinajstić information content (AvgIpc) is 3.76. The quantitative estimate of drug-likeness (QED) is 0.0265. The number of halogens is 6. The summed E-state index contributed by atoms with van der Waals surface area (Å²) in [5, 5.41) is 17.8. The van der Waals surface area contributed by atoms with Gasteiger partial charge < -0.3 is 20.0 Å². The van der Waals surface area contributed by atoms with Crippen molar-refractivity contribution in [2.75, 3.05) is 6.61 Å². The van der Waals surface area contributed by atoms with E-state index in [0.29, 0.717) is 54.5 Å². The Balaban J connectivity index is 0.000000290. The fourth-order valence-electron chi connectivity index (χ4n) is 6.50. The molecule has 5 rings (SSSR count). The number of hydrogen-bond donors (Lipinski definition) is 2. The Hall–Kier alpha value is -5.70. The zero-order valence-electron chi connectivity index (χ0n) is 34.6. The van der Waals surface area contributed by atoms with Gasteiger partial charge in [0.05, 0.1) is 12.3 Å². The third kappa shape index (κ3) is 14.7. The minimum Gasteiger partial charge on any atom is -0.481 e. The highest BCUT2D eigenvalue weighted by atomic mass is 35.5. The van der Waals surface area contributed by atoms with Gasteiger partial charge in [0.25, 0.3) is 5.89 Å². The smallest absolute Gasteiger partial charge is 0.314 e. The molecule has 0 spiro atoms. The summed E-state index contributed by atoms with van der Waals surface area (Å²) in [7, 11) is 0. The number of hydrogen-bond acceptors (Lipinski definition) is 9. The Morgan fingerprint density at radius 1 is 0.812 bits per heavy atom. The first-order valence-electron chi connectivity index (χ1n) is 19.6. The first kappa shape index (κ1) is 50.9. The van der Waals surface area contributed by atoms with E-state index in [4.69, 9.17) is 72.4 Å². The van der Waals surface area contributed by atoms with Crippen molar-refractivity contribution in [1.82, 2.24) is 4.98 Å². The van der Waals surface area contributed by atoms with Crippen LogP contribution in [0.15, 0.2) is 93.7 Å². The molecule has 20 heteroatoms. The van der Waals surface area contributed by atoms with Crippen molar-refractivity contribution >= 4 is 64.1 Å². The molecule has 0 amide bonds. The van der Waals surface area contributed by atoms with Crippen LogP contribution in [0.4, 0.5) is 8.78 Å². The number of rotatable bonds is 19. The summed E-state index contributed by atoms with van der Waals surface area (Å²) in [4.78, 5) is 45.8. The Kier molecular flexibility index (Phi) is 19.4. The largest absolute Gasteiger partial charge is 0.481 e. The van der Waals surface area contributed by atoms with Gasteiger partial charge in [-0.3, -0.25) is 14.4 Å². The summed E-state index contributed by atoms with van der Waals surface area (Å²) >= 11 is 24.8. The molecule has 4 atom stereocenters. The monoisotopic (exact) mass is 956 g/mol. The van der Waals surface area contributed by atoms with Gasteiger partial charge in [-0.15, -0.1) is 0 Å². The molecule has 0 aliphatic heterocycles. The van der Waals surface area contributed by atoms with Crippen LogP contribution >= 0.6 is 46.4 Å². The predicted molar refractivity (Wildman–Crippen MR) is 241 cm³/mol. The number of ether oxygens (including phenoxy) is 1. The van der Waals surface area contributed by atoms with Crippen molar-refractivity contribution in [3.8, 4) is 22.3 Å². The zero-order valence-corrected chi connectivity index (χ0v) is 37.6. The molecule has 1 aromatic heterocycles. The van der Waals surface area contributed by atoms with E-state index in [0.717, 1.165) is 5.56 Å². The number of carbonyl (C=O) groups is 3. The standard InChI is InChI=1S/C25H23Cl2FN4O4.C19H19Cl2FN4O2/c1-13(2)22-12-36-24(30-22)23(33)9-14(8-21(25(34)35)31-32-29)7-16-4-3-15(10-19(16)27)18-11-17(26)5-6-20(18)28;1-2-28-19(27)18(25-26-24)10-14(23)7-12-4-3-11(8-16(12)21)15-9-13(20)5-6-17(15)22/h3-6,10-14,21H,7-9H2,1-2H3,(H,34,35);3-6,8-9,14,18H,2,7,10,23H2,1H3/t14-,21-;14-,18-/m11/s1. The van der Waals surface area contributed by atoms with Gasteiger partial charge in [-0.05, 0) is 126 Å². The normalized spacial score (nSPS) is 12.7. The molecule has 3 N–H and O–H groups in total. The molecule has 5 aromatic rings. The Morgan fingerprint density at radius 3 is 1.81 bits per heavy atom. The molecule has 0 bridgehead atoms. The van der Waals surface area contributed by atoms with Crippen LogP contribution in [-0.4, -0.2) is 52.5 Å². The highest BCUT2D eigenvalue weighted by Gasteiger charge is 2.27. The second kappa shape index (κ2) is 24.4. The number of nitrogens with two attached hydrogens (primary N) is 1. The minimum absolute atomic E-state index is 0.0640. The summed E-state index contributed by atoms with van der Waals surface area (Å²) < 4.78 is 38.5. The third-order valence-corrected chi connectivity index (χ3v) is 10.9. The lowest BCUT2D eigenvalue weighted by molar-refractivity contribution is -0.145. The lowest BCUT2D eigenvalue weighted by atomic mass is 9.88. The van der Waals surface area contributed by atoms with Crippen LogP contribution in [0.5, 0.6) is 0 Å². The Labute approximate surface area is 386 Å². The molecule has 0 aliphatic rings. The van der Waals surface area contributed by atoms with Crippen LogP contribution in [0.1, 0.15) is 73.5 Å². The van der Waals surface area contributed by atoms with E-state index in [1.807, 2.05) is 13.8 Å². The highest BCUT2D eigenvalue weighted by molar-refractivity contribution is 6.32. The van der Waals surface area contributed by atoms with Crippen LogP contribution in [0.25, 0.3) is 43.1 Å². The van der Waals surface area contributed by atoms with Crippen molar-refractivity contribution in [3.63, 3.8) is 0 Å². The molecule has 0 aliphatic carbocycles. The molecule has 0 saturated carbocycles. The van der Waals surface area contributed by atoms with Crippen molar-refractivity contribution < 1.29 is 37.4 Å². The van der Waals surface area contributed by atoms with E-state index < -0.39 is 53.4 Å². The molecule has 14 nitrogen and oxygen atoms in total. The number of azide groups is 2. The summed E-state index contributed by atoms with van der Waals surface area (Å²) in [6.45, 7) is 5.66. The molecular weight excluding hydrogens is 916 g/mol. The van der Waals surface area contributed by atoms with Crippen molar-refractivity contribution in [2.24, 2.45) is 21.9 Å². The SMILES string of the molecule is CC(C)c1coc(C(=O)C[C@H](Cc2ccc(-c3cc(Cl)ccc3F)cc2Cl)C[C@@H](N=[N+]=[N-])C(=O)O)n1.CCOC(=O)[C@@H](C[C@H](N)Cc1ccc(-c2cc(Cl)ccc2F)cc1Cl)N=[N+]=[N-]. The van der Waals surface area contributed by atoms with E-state index in [-0.39, 0.29) is 49.7 Å². The van der Waals surface area contributed by atoms with Crippen LogP contribution in [-0.2, 0) is 27.2 Å². The third-order valence-electron chi connectivity index (χ3n) is 9.71. The summed E-state index contributed by atoms with van der Waals surface area (Å²) in [5.74, 6) is -3.77. The predicted octanol–water partition coefficient (Wildman–Crippen LogP) is 12.8. The van der Waals surface area contributed by atoms with E-state index >= 15 is 0 Å². The second-order valence-electron chi connectivity index (χ2n) is 14.8. The minimum atomic E-state index is -1.37. The summed E-state index contributed by atoms with van der Waals surface area (Å²) in [5.41, 5.74) is 27.2. The number of benzene rings is 4. The van der Waals surface area contributed by atoms with Crippen molar-refractivity contribution in [2.45, 2.75) is 76.9 Å². The van der Waals surface area contributed by atoms with Gasteiger partial charge in [0.2, 0.25) is 5.78 Å². The van der Waals surface area contributed by atoms with E-state index in [9.17, 15) is 28.3 Å². The number of esters is 1. The van der Waals surface area contributed by atoms with Gasteiger partial charge in [-0.1, -0.05) is 94.7 Å². The van der Waals surface area contributed by atoms with Gasteiger partial charge >= 0.3 is 11.9 Å². The van der Waals surface area contributed by atoms with E-state index in [1.54, 1.807) is 43.3 Å². The first-order chi connectivity index (χ1) is 30.4. The highest BCUT2D eigenvalue weighted by Crippen LogP contribution is 2.33. The number of oxazole rings is 1. The maximum absolute atomic E-state index is 14.3. The van der Waals surface area contributed by atoms with Crippen LogP contribution < -0.4 is 5.73 Å². The fraction of sp³-hybridized carbons (Fsp3) is 0.318. The fourth-order valence-corrected chi connectivity index (χ4v) is 7.36. The number of carboxylic acid groups (broad SMARTS) is 1. The van der Waals surface area contributed by atoms with Crippen molar-refractivity contribution in [1.29, 1.82) is 0 Å². The number of aromatic nitrogens is 1. The Morgan fingerprint density at radius 2 is 1.34 bits per heavy atom. The van der Waals surface area contributed by atoms with Crippen molar-refractivity contribution in [3.05, 3.63) is 154 Å². The number of nitrogens with zero attached hydrogens (tertiary/aromatic N) is 7. The lowest BCUT2D eigenvalue weighted by Crippen LogP contribution is -2.32. The van der Waals surface area contributed by atoms with Gasteiger partial charge in [-0.25, -0.2) is 13.8 Å². The number of carbonyl (C=O) groups excluding carboxylic acids is 2.